The molecule has 0 aliphatic carbocycles. The number of amides is 1. The molecule has 0 aromatic heterocycles. The number of aliphatic hydroxyl groups excluding tert-OH is 1. The van der Waals surface area contributed by atoms with Crippen molar-refractivity contribution in [1.29, 1.82) is 0 Å². The SMILES string of the molecule is CCCCCCNC(=O)CCCCO. The highest BCUT2D eigenvalue weighted by Crippen LogP contribution is 1.98. The van der Waals surface area contributed by atoms with E-state index < -0.39 is 0 Å². The van der Waals surface area contributed by atoms with Crippen LogP contribution in [0.3, 0.4) is 0 Å². The van der Waals surface area contributed by atoms with E-state index in [0.29, 0.717) is 6.42 Å². The summed E-state index contributed by atoms with van der Waals surface area (Å²) >= 11 is 0. The number of nitrogens with one attached hydrogen (secondary N) is 1. The van der Waals surface area contributed by atoms with Gasteiger partial charge in [0.1, 0.15) is 0 Å². The van der Waals surface area contributed by atoms with Crippen LogP contribution in [0.1, 0.15) is 51.9 Å². The zero-order valence-electron chi connectivity index (χ0n) is 9.22. The fourth-order valence-electron chi connectivity index (χ4n) is 1.27. The molecular weight excluding hydrogens is 178 g/mol. The Labute approximate surface area is 86.9 Å². The summed E-state index contributed by atoms with van der Waals surface area (Å²) in [6.07, 6.45) is 6.83. The van der Waals surface area contributed by atoms with Crippen molar-refractivity contribution in [2.75, 3.05) is 13.2 Å². The van der Waals surface area contributed by atoms with Crippen LogP contribution in [0.4, 0.5) is 0 Å². The van der Waals surface area contributed by atoms with Crippen LogP contribution in [-0.2, 0) is 4.79 Å². The van der Waals surface area contributed by atoms with Gasteiger partial charge in [-0.2, -0.15) is 0 Å². The third kappa shape index (κ3) is 9.52. The predicted molar refractivity (Wildman–Crippen MR) is 58.1 cm³/mol. The molecule has 0 saturated carbocycles. The molecule has 2 N–H and O–H groups in total. The van der Waals surface area contributed by atoms with Gasteiger partial charge in [0.2, 0.25) is 5.91 Å². The summed E-state index contributed by atoms with van der Waals surface area (Å²) in [5.41, 5.74) is 0. The van der Waals surface area contributed by atoms with Gasteiger partial charge in [-0.3, -0.25) is 4.79 Å². The zero-order valence-corrected chi connectivity index (χ0v) is 9.22. The molecule has 0 spiro atoms. The molecule has 0 saturated heterocycles. The number of hydrogen-bond acceptors (Lipinski definition) is 2. The number of aliphatic hydroxyl groups is 1. The van der Waals surface area contributed by atoms with Crippen LogP contribution < -0.4 is 5.32 Å². The average molecular weight is 201 g/mol. The molecule has 0 aromatic carbocycles. The maximum Gasteiger partial charge on any atom is 0.219 e. The molecule has 84 valence electrons. The molecule has 1 amide bonds. The first-order valence-corrected chi connectivity index (χ1v) is 5.68. The Balaban J connectivity index is 3.10. The van der Waals surface area contributed by atoms with Crippen molar-refractivity contribution in [3.63, 3.8) is 0 Å². The molecule has 0 unspecified atom stereocenters. The van der Waals surface area contributed by atoms with Crippen molar-refractivity contribution in [1.82, 2.24) is 5.32 Å². The lowest BCUT2D eigenvalue weighted by atomic mass is 10.2. The third-order valence-corrected chi connectivity index (χ3v) is 2.16. The second kappa shape index (κ2) is 10.5. The molecule has 0 rings (SSSR count). The van der Waals surface area contributed by atoms with E-state index in [2.05, 4.69) is 12.2 Å². The van der Waals surface area contributed by atoms with Gasteiger partial charge >= 0.3 is 0 Å². The minimum atomic E-state index is 0.120. The van der Waals surface area contributed by atoms with Crippen LogP contribution in [0, 0.1) is 0 Å². The first-order valence-electron chi connectivity index (χ1n) is 5.68. The Kier molecular flexibility index (Phi) is 10.1. The van der Waals surface area contributed by atoms with Crippen LogP contribution in [0.2, 0.25) is 0 Å². The molecule has 0 bridgehead atoms. The van der Waals surface area contributed by atoms with E-state index in [4.69, 9.17) is 5.11 Å². The number of carbonyl (C=O) groups excluding carboxylic acids is 1. The number of unbranched alkanes of at least 4 members (excludes halogenated alkanes) is 4. The van der Waals surface area contributed by atoms with E-state index in [0.717, 1.165) is 25.8 Å². The van der Waals surface area contributed by atoms with E-state index >= 15 is 0 Å². The van der Waals surface area contributed by atoms with Gasteiger partial charge in [-0.25, -0.2) is 0 Å². The quantitative estimate of drug-likeness (QED) is 0.559. The van der Waals surface area contributed by atoms with Gasteiger partial charge in [-0.05, 0) is 19.3 Å². The standard InChI is InChI=1S/C11H23NO2/c1-2-3-4-6-9-12-11(14)8-5-7-10-13/h13H,2-10H2,1H3,(H,12,14). The number of rotatable bonds is 9. The third-order valence-electron chi connectivity index (χ3n) is 2.16. The molecule has 0 fully saturated rings. The second-order valence-corrected chi connectivity index (χ2v) is 3.59. The smallest absolute Gasteiger partial charge is 0.219 e. The largest absolute Gasteiger partial charge is 0.396 e. The lowest BCUT2D eigenvalue weighted by Gasteiger charge is -2.04. The normalized spacial score (nSPS) is 10.1. The monoisotopic (exact) mass is 201 g/mol. The van der Waals surface area contributed by atoms with E-state index in [1.54, 1.807) is 0 Å². The topological polar surface area (TPSA) is 49.3 Å². The summed E-state index contributed by atoms with van der Waals surface area (Å²) in [7, 11) is 0. The average Bonchev–Trinajstić information content (AvgIpc) is 2.18. The Morgan fingerprint density at radius 2 is 1.93 bits per heavy atom. The summed E-state index contributed by atoms with van der Waals surface area (Å²) in [5, 5.41) is 11.4. The van der Waals surface area contributed by atoms with Gasteiger partial charge in [-0.15, -0.1) is 0 Å². The van der Waals surface area contributed by atoms with E-state index in [1.165, 1.54) is 19.3 Å². The van der Waals surface area contributed by atoms with Crippen molar-refractivity contribution in [2.45, 2.75) is 51.9 Å². The molecule has 14 heavy (non-hydrogen) atoms. The molecule has 0 radical (unpaired) electrons. The molecule has 0 atom stereocenters. The Morgan fingerprint density at radius 3 is 2.57 bits per heavy atom. The highest BCUT2D eigenvalue weighted by Gasteiger charge is 1.99. The Morgan fingerprint density at radius 1 is 1.14 bits per heavy atom. The highest BCUT2D eigenvalue weighted by molar-refractivity contribution is 5.75. The van der Waals surface area contributed by atoms with Crippen molar-refractivity contribution >= 4 is 5.91 Å². The highest BCUT2D eigenvalue weighted by atomic mass is 16.2. The maximum absolute atomic E-state index is 11.2. The van der Waals surface area contributed by atoms with Gasteiger partial charge < -0.3 is 10.4 Å². The lowest BCUT2D eigenvalue weighted by molar-refractivity contribution is -0.121. The van der Waals surface area contributed by atoms with E-state index in [1.807, 2.05) is 0 Å². The Bertz CT molecular complexity index is 137. The summed E-state index contributed by atoms with van der Waals surface area (Å²) in [5.74, 6) is 0.120. The van der Waals surface area contributed by atoms with E-state index in [-0.39, 0.29) is 12.5 Å². The fraction of sp³-hybridized carbons (Fsp3) is 0.909. The maximum atomic E-state index is 11.2. The molecule has 3 nitrogen and oxygen atoms in total. The van der Waals surface area contributed by atoms with Crippen LogP contribution in [-0.4, -0.2) is 24.2 Å². The summed E-state index contributed by atoms with van der Waals surface area (Å²) in [6.45, 7) is 3.16. The van der Waals surface area contributed by atoms with Gasteiger partial charge in [0.05, 0.1) is 0 Å². The van der Waals surface area contributed by atoms with Crippen LogP contribution >= 0.6 is 0 Å². The van der Waals surface area contributed by atoms with Gasteiger partial charge in [0.25, 0.3) is 0 Å². The minimum absolute atomic E-state index is 0.120. The Hall–Kier alpha value is -0.570. The van der Waals surface area contributed by atoms with Crippen molar-refractivity contribution < 1.29 is 9.90 Å². The second-order valence-electron chi connectivity index (χ2n) is 3.59. The van der Waals surface area contributed by atoms with Crippen LogP contribution in [0.5, 0.6) is 0 Å². The zero-order chi connectivity index (χ0) is 10.6. The molecule has 0 aromatic rings. The van der Waals surface area contributed by atoms with E-state index in [9.17, 15) is 4.79 Å². The fourth-order valence-corrected chi connectivity index (χ4v) is 1.27. The minimum Gasteiger partial charge on any atom is -0.396 e. The van der Waals surface area contributed by atoms with Gasteiger partial charge in [0, 0.05) is 19.6 Å². The number of hydrogen-bond donors (Lipinski definition) is 2. The van der Waals surface area contributed by atoms with Crippen molar-refractivity contribution in [3.05, 3.63) is 0 Å². The van der Waals surface area contributed by atoms with Crippen molar-refractivity contribution in [2.24, 2.45) is 0 Å². The first-order chi connectivity index (χ1) is 6.81. The first kappa shape index (κ1) is 13.4. The van der Waals surface area contributed by atoms with Gasteiger partial charge in [0.15, 0.2) is 0 Å². The van der Waals surface area contributed by atoms with Crippen LogP contribution in [0.25, 0.3) is 0 Å². The molecule has 0 aliphatic rings. The molecule has 3 heteroatoms. The lowest BCUT2D eigenvalue weighted by Crippen LogP contribution is -2.24. The predicted octanol–water partition coefficient (Wildman–Crippen LogP) is 1.85. The van der Waals surface area contributed by atoms with Crippen molar-refractivity contribution in [3.8, 4) is 0 Å². The summed E-state index contributed by atoms with van der Waals surface area (Å²) in [6, 6.07) is 0. The molecule has 0 aliphatic heterocycles. The van der Waals surface area contributed by atoms with Gasteiger partial charge in [-0.1, -0.05) is 26.2 Å². The summed E-state index contributed by atoms with van der Waals surface area (Å²) in [4.78, 5) is 11.2. The molecular formula is C11H23NO2. The summed E-state index contributed by atoms with van der Waals surface area (Å²) < 4.78 is 0. The molecule has 0 heterocycles. The number of carbonyl (C=O) groups is 1. The van der Waals surface area contributed by atoms with Crippen LogP contribution in [0.15, 0.2) is 0 Å².